The molecule has 9 heteroatoms. The van der Waals surface area contributed by atoms with E-state index in [0.717, 1.165) is 12.1 Å². The van der Waals surface area contributed by atoms with Gasteiger partial charge in [-0.1, -0.05) is 19.1 Å². The third-order valence-electron chi connectivity index (χ3n) is 3.76. The Morgan fingerprint density at radius 1 is 1.19 bits per heavy atom. The number of aryl methyl sites for hydroxylation is 1. The van der Waals surface area contributed by atoms with Gasteiger partial charge in [0.25, 0.3) is 5.69 Å². The van der Waals surface area contributed by atoms with Gasteiger partial charge in [0, 0.05) is 24.8 Å². The van der Waals surface area contributed by atoms with Crippen molar-refractivity contribution in [1.82, 2.24) is 20.2 Å². The fourth-order valence-electron chi connectivity index (χ4n) is 2.31. The highest BCUT2D eigenvalue weighted by Gasteiger charge is 2.07. The normalized spacial score (nSPS) is 11.0. The number of nitrogens with one attached hydrogen (secondary N) is 1. The summed E-state index contributed by atoms with van der Waals surface area (Å²) < 4.78 is 1.66. The van der Waals surface area contributed by atoms with E-state index in [0.29, 0.717) is 17.9 Å². The van der Waals surface area contributed by atoms with E-state index in [2.05, 4.69) is 33.0 Å². The van der Waals surface area contributed by atoms with Gasteiger partial charge >= 0.3 is 0 Å². The summed E-state index contributed by atoms with van der Waals surface area (Å²) in [7, 11) is 0. The highest BCUT2D eigenvalue weighted by atomic mass is 16.6. The molecule has 2 aromatic carbocycles. The Morgan fingerprint density at radius 2 is 1.92 bits per heavy atom. The van der Waals surface area contributed by atoms with Crippen LogP contribution in [-0.4, -0.2) is 31.3 Å². The number of hydrazone groups is 1. The smallest absolute Gasteiger partial charge is 0.269 e. The Balaban J connectivity index is 1.62. The van der Waals surface area contributed by atoms with Crippen LogP contribution in [0.3, 0.4) is 0 Å². The molecule has 0 saturated heterocycles. The summed E-state index contributed by atoms with van der Waals surface area (Å²) in [5, 5.41) is 26.5. The predicted molar refractivity (Wildman–Crippen MR) is 97.4 cm³/mol. The van der Waals surface area contributed by atoms with E-state index in [1.807, 2.05) is 24.3 Å². The van der Waals surface area contributed by atoms with Crippen LogP contribution in [0.25, 0.3) is 5.69 Å². The van der Waals surface area contributed by atoms with Crippen LogP contribution in [-0.2, 0) is 12.8 Å². The van der Waals surface area contributed by atoms with E-state index in [4.69, 9.17) is 0 Å². The molecule has 1 heterocycles. The topological polar surface area (TPSA) is 111 Å². The molecule has 26 heavy (non-hydrogen) atoms. The van der Waals surface area contributed by atoms with Crippen LogP contribution in [0, 0.1) is 10.1 Å². The maximum atomic E-state index is 10.6. The minimum absolute atomic E-state index is 0.0350. The molecule has 0 amide bonds. The zero-order chi connectivity index (χ0) is 18.4. The van der Waals surface area contributed by atoms with Gasteiger partial charge in [-0.15, -0.1) is 5.10 Å². The lowest BCUT2D eigenvalue weighted by atomic mass is 10.1. The first-order valence-electron chi connectivity index (χ1n) is 8.06. The SMILES string of the molecule is CCc1ccc(-n2nnnc2C/C=N\Nc2ccc([N+](=O)[O-])cc2)cc1. The van der Waals surface area contributed by atoms with Crippen LogP contribution in [0.5, 0.6) is 0 Å². The quantitative estimate of drug-likeness (QED) is 0.398. The number of tetrazole rings is 1. The van der Waals surface area contributed by atoms with E-state index in [-0.39, 0.29) is 5.69 Å². The average Bonchev–Trinajstić information content (AvgIpc) is 3.14. The van der Waals surface area contributed by atoms with Gasteiger partial charge in [0.2, 0.25) is 0 Å². The molecule has 0 aliphatic heterocycles. The fourth-order valence-corrected chi connectivity index (χ4v) is 2.31. The second-order valence-corrected chi connectivity index (χ2v) is 5.46. The monoisotopic (exact) mass is 351 g/mol. The number of hydrogen-bond donors (Lipinski definition) is 1. The molecule has 0 unspecified atom stereocenters. The molecule has 0 bridgehead atoms. The third-order valence-corrected chi connectivity index (χ3v) is 3.76. The first kappa shape index (κ1) is 17.2. The Bertz CT molecular complexity index is 902. The number of rotatable bonds is 7. The van der Waals surface area contributed by atoms with Crippen molar-refractivity contribution in [3.8, 4) is 5.69 Å². The van der Waals surface area contributed by atoms with Gasteiger partial charge in [-0.3, -0.25) is 15.5 Å². The molecular formula is C17H17N7O2. The van der Waals surface area contributed by atoms with Crippen molar-refractivity contribution in [1.29, 1.82) is 0 Å². The van der Waals surface area contributed by atoms with Crippen molar-refractivity contribution in [2.75, 3.05) is 5.43 Å². The Hall–Kier alpha value is -3.62. The fraction of sp³-hybridized carbons (Fsp3) is 0.176. The number of nitro groups is 1. The largest absolute Gasteiger partial charge is 0.279 e. The predicted octanol–water partition coefficient (Wildman–Crippen LogP) is 2.77. The van der Waals surface area contributed by atoms with Gasteiger partial charge < -0.3 is 0 Å². The minimum atomic E-state index is -0.445. The van der Waals surface area contributed by atoms with Crippen LogP contribution in [0.15, 0.2) is 53.6 Å². The highest BCUT2D eigenvalue weighted by molar-refractivity contribution is 5.62. The third kappa shape index (κ3) is 4.07. The standard InChI is InChI=1S/C17H17N7O2/c1-2-13-3-7-15(8-4-13)23-17(20-21-22-23)11-12-18-19-14-5-9-16(10-6-14)24(25)26/h3-10,12,19H,2,11H2,1H3/b18-12-. The van der Waals surface area contributed by atoms with E-state index in [1.54, 1.807) is 23.0 Å². The van der Waals surface area contributed by atoms with Gasteiger partial charge in [0.15, 0.2) is 5.82 Å². The lowest BCUT2D eigenvalue weighted by Crippen LogP contribution is -2.04. The number of nitro benzene ring substituents is 1. The Kier molecular flexibility index (Phi) is 5.28. The summed E-state index contributed by atoms with van der Waals surface area (Å²) in [5.74, 6) is 0.656. The van der Waals surface area contributed by atoms with Gasteiger partial charge in [-0.25, -0.2) is 0 Å². The van der Waals surface area contributed by atoms with Crippen LogP contribution in [0.2, 0.25) is 0 Å². The zero-order valence-corrected chi connectivity index (χ0v) is 14.1. The minimum Gasteiger partial charge on any atom is -0.279 e. The summed E-state index contributed by atoms with van der Waals surface area (Å²) in [6, 6.07) is 14.1. The number of aromatic nitrogens is 4. The lowest BCUT2D eigenvalue weighted by molar-refractivity contribution is -0.384. The molecule has 1 N–H and O–H groups in total. The molecule has 0 radical (unpaired) electrons. The number of nitrogens with zero attached hydrogens (tertiary/aromatic N) is 6. The first-order chi connectivity index (χ1) is 12.7. The van der Waals surface area contributed by atoms with Crippen LogP contribution >= 0.6 is 0 Å². The molecule has 0 atom stereocenters. The van der Waals surface area contributed by atoms with E-state index in [1.165, 1.54) is 17.7 Å². The average molecular weight is 351 g/mol. The molecular weight excluding hydrogens is 334 g/mol. The molecule has 132 valence electrons. The van der Waals surface area contributed by atoms with Crippen molar-refractivity contribution in [3.63, 3.8) is 0 Å². The van der Waals surface area contributed by atoms with E-state index in [9.17, 15) is 10.1 Å². The molecule has 0 fully saturated rings. The molecule has 0 aliphatic rings. The summed E-state index contributed by atoms with van der Waals surface area (Å²) >= 11 is 0. The molecule has 0 aliphatic carbocycles. The summed E-state index contributed by atoms with van der Waals surface area (Å²) in [6.45, 7) is 2.10. The number of anilines is 1. The first-order valence-corrected chi connectivity index (χ1v) is 8.06. The molecule has 0 spiro atoms. The van der Waals surface area contributed by atoms with Crippen molar-refractivity contribution >= 4 is 17.6 Å². The summed E-state index contributed by atoms with van der Waals surface area (Å²) in [6.07, 6.45) is 3.05. The summed E-state index contributed by atoms with van der Waals surface area (Å²) in [5.41, 5.74) is 5.64. The second kappa shape index (κ2) is 7.97. The Morgan fingerprint density at radius 3 is 2.58 bits per heavy atom. The molecule has 3 rings (SSSR count). The number of hydrogen-bond acceptors (Lipinski definition) is 7. The zero-order valence-electron chi connectivity index (χ0n) is 14.1. The van der Waals surface area contributed by atoms with Crippen molar-refractivity contribution in [2.45, 2.75) is 19.8 Å². The lowest BCUT2D eigenvalue weighted by Gasteiger charge is -2.04. The molecule has 0 saturated carbocycles. The van der Waals surface area contributed by atoms with Crippen molar-refractivity contribution in [3.05, 3.63) is 70.0 Å². The van der Waals surface area contributed by atoms with E-state index < -0.39 is 4.92 Å². The molecule has 9 nitrogen and oxygen atoms in total. The van der Waals surface area contributed by atoms with Crippen LogP contribution < -0.4 is 5.43 Å². The van der Waals surface area contributed by atoms with Gasteiger partial charge in [0.05, 0.1) is 16.3 Å². The van der Waals surface area contributed by atoms with Crippen molar-refractivity contribution in [2.24, 2.45) is 5.10 Å². The highest BCUT2D eigenvalue weighted by Crippen LogP contribution is 2.15. The van der Waals surface area contributed by atoms with Gasteiger partial charge in [-0.05, 0) is 46.7 Å². The van der Waals surface area contributed by atoms with Gasteiger partial charge in [-0.2, -0.15) is 9.78 Å². The maximum absolute atomic E-state index is 10.6. The van der Waals surface area contributed by atoms with Gasteiger partial charge in [0.1, 0.15) is 0 Å². The number of non-ortho nitro benzene ring substituents is 1. The maximum Gasteiger partial charge on any atom is 0.269 e. The van der Waals surface area contributed by atoms with Crippen LogP contribution in [0.1, 0.15) is 18.3 Å². The van der Waals surface area contributed by atoms with E-state index >= 15 is 0 Å². The number of benzene rings is 2. The Labute approximate surface area is 149 Å². The second-order valence-electron chi connectivity index (χ2n) is 5.46. The summed E-state index contributed by atoms with van der Waals surface area (Å²) in [4.78, 5) is 10.2. The molecule has 1 aromatic heterocycles. The van der Waals surface area contributed by atoms with Crippen LogP contribution in [0.4, 0.5) is 11.4 Å². The van der Waals surface area contributed by atoms with Crippen molar-refractivity contribution < 1.29 is 4.92 Å². The molecule has 3 aromatic rings.